The highest BCUT2D eigenvalue weighted by Crippen LogP contribution is 2.28. The molecule has 0 radical (unpaired) electrons. The number of rotatable bonds is 4. The third-order valence-corrected chi connectivity index (χ3v) is 4.54. The van der Waals surface area contributed by atoms with E-state index >= 15 is 0 Å². The highest BCUT2D eigenvalue weighted by molar-refractivity contribution is 5.99. The number of benzene rings is 1. The minimum absolute atomic E-state index is 0.0561. The number of hydrogen-bond donors (Lipinski definition) is 1. The van der Waals surface area contributed by atoms with Crippen LogP contribution in [-0.4, -0.2) is 24.7 Å². The van der Waals surface area contributed by atoms with Gasteiger partial charge in [-0.3, -0.25) is 4.79 Å². The van der Waals surface area contributed by atoms with Gasteiger partial charge in [-0.1, -0.05) is 25.0 Å². The molecule has 0 spiro atoms. The molecule has 1 aromatic rings. The highest BCUT2D eigenvalue weighted by atomic mass is 16.2. The maximum Gasteiger partial charge on any atom is 0.243 e. The summed E-state index contributed by atoms with van der Waals surface area (Å²) in [5.41, 5.74) is 5.88. The van der Waals surface area contributed by atoms with E-state index in [2.05, 4.69) is 39.7 Å². The van der Waals surface area contributed by atoms with Crippen molar-refractivity contribution in [2.24, 2.45) is 11.0 Å². The Hall–Kier alpha value is -1.84. The Morgan fingerprint density at radius 2 is 1.73 bits per heavy atom. The van der Waals surface area contributed by atoms with Crippen molar-refractivity contribution in [3.8, 4) is 0 Å². The van der Waals surface area contributed by atoms with E-state index in [1.165, 1.54) is 31.4 Å². The number of hydrogen-bond acceptors (Lipinski definition) is 3. The minimum Gasteiger partial charge on any atom is -0.372 e. The van der Waals surface area contributed by atoms with Crippen molar-refractivity contribution >= 4 is 17.3 Å². The maximum atomic E-state index is 11.6. The third-order valence-electron chi connectivity index (χ3n) is 4.54. The average molecular weight is 299 g/mol. The van der Waals surface area contributed by atoms with Gasteiger partial charge in [0.1, 0.15) is 0 Å². The average Bonchev–Trinajstić information content (AvgIpc) is 3.38. The zero-order chi connectivity index (χ0) is 15.4. The van der Waals surface area contributed by atoms with Crippen molar-refractivity contribution in [3.63, 3.8) is 0 Å². The van der Waals surface area contributed by atoms with Crippen LogP contribution in [0.1, 0.15) is 51.0 Å². The lowest BCUT2D eigenvalue weighted by Crippen LogP contribution is -2.23. The molecule has 2 aliphatic rings. The van der Waals surface area contributed by atoms with Gasteiger partial charge in [-0.2, -0.15) is 5.10 Å². The molecular formula is C18H25N3O. The van der Waals surface area contributed by atoms with Gasteiger partial charge in [0.05, 0.1) is 5.71 Å². The summed E-state index contributed by atoms with van der Waals surface area (Å²) in [5, 5.41) is 4.22. The summed E-state index contributed by atoms with van der Waals surface area (Å²) in [7, 11) is 0. The predicted octanol–water partition coefficient (Wildman–Crippen LogP) is 3.32. The van der Waals surface area contributed by atoms with Crippen molar-refractivity contribution in [2.75, 3.05) is 18.0 Å². The first-order valence-electron chi connectivity index (χ1n) is 8.43. The molecule has 0 unspecified atom stereocenters. The second-order valence-corrected chi connectivity index (χ2v) is 6.40. The Kier molecular flexibility index (Phi) is 4.76. The molecule has 1 heterocycles. The van der Waals surface area contributed by atoms with E-state index in [9.17, 15) is 4.79 Å². The van der Waals surface area contributed by atoms with Crippen LogP contribution in [0.2, 0.25) is 0 Å². The minimum atomic E-state index is 0.0561. The van der Waals surface area contributed by atoms with Crippen molar-refractivity contribution in [3.05, 3.63) is 29.8 Å². The van der Waals surface area contributed by atoms with Crippen LogP contribution in [-0.2, 0) is 4.79 Å². The van der Waals surface area contributed by atoms with Crippen LogP contribution in [0.15, 0.2) is 29.4 Å². The smallest absolute Gasteiger partial charge is 0.243 e. The number of carbonyl (C=O) groups excluding carboxylic acids is 1. The maximum absolute atomic E-state index is 11.6. The number of nitrogens with zero attached hydrogens (tertiary/aromatic N) is 2. The van der Waals surface area contributed by atoms with E-state index < -0.39 is 0 Å². The van der Waals surface area contributed by atoms with Gasteiger partial charge in [-0.25, -0.2) is 5.43 Å². The van der Waals surface area contributed by atoms with Gasteiger partial charge < -0.3 is 4.90 Å². The summed E-state index contributed by atoms with van der Waals surface area (Å²) >= 11 is 0. The molecule has 22 heavy (non-hydrogen) atoms. The number of hydrazone groups is 1. The summed E-state index contributed by atoms with van der Waals surface area (Å²) in [5.74, 6) is 0.252. The Bertz CT molecular complexity index is 538. The topological polar surface area (TPSA) is 44.7 Å². The zero-order valence-corrected chi connectivity index (χ0v) is 13.3. The van der Waals surface area contributed by atoms with Gasteiger partial charge in [-0.05, 0) is 50.3 Å². The van der Waals surface area contributed by atoms with E-state index in [1.807, 2.05) is 6.92 Å². The lowest BCUT2D eigenvalue weighted by atomic mass is 10.1. The standard InChI is InChI=1S/C18H25N3O/c1-14(19-20-18(22)16-6-7-16)15-8-10-17(11-9-15)21-12-4-2-3-5-13-21/h8-11,16H,2-7,12-13H2,1H3,(H,20,22)/b19-14-. The summed E-state index contributed by atoms with van der Waals surface area (Å²) in [6.07, 6.45) is 7.28. The normalized spacial score (nSPS) is 19.7. The molecule has 1 amide bonds. The first-order valence-corrected chi connectivity index (χ1v) is 8.43. The molecule has 4 heteroatoms. The molecular weight excluding hydrogens is 274 g/mol. The zero-order valence-electron chi connectivity index (χ0n) is 13.3. The van der Waals surface area contributed by atoms with E-state index in [4.69, 9.17) is 0 Å². The molecule has 1 aliphatic carbocycles. The quantitative estimate of drug-likeness (QED) is 0.685. The molecule has 0 bridgehead atoms. The molecule has 2 fully saturated rings. The number of nitrogens with one attached hydrogen (secondary N) is 1. The Labute approximate surface area is 132 Å². The van der Waals surface area contributed by atoms with Gasteiger partial charge in [0.15, 0.2) is 0 Å². The molecule has 4 nitrogen and oxygen atoms in total. The molecule has 0 aromatic heterocycles. The van der Waals surface area contributed by atoms with Crippen LogP contribution in [0.3, 0.4) is 0 Å². The van der Waals surface area contributed by atoms with E-state index in [0.29, 0.717) is 0 Å². The van der Waals surface area contributed by atoms with Gasteiger partial charge in [0.25, 0.3) is 0 Å². The third kappa shape index (κ3) is 3.87. The van der Waals surface area contributed by atoms with E-state index in [1.54, 1.807) is 0 Å². The number of anilines is 1. The van der Waals surface area contributed by atoms with Gasteiger partial charge in [0, 0.05) is 24.7 Å². The van der Waals surface area contributed by atoms with Crippen molar-refractivity contribution in [2.45, 2.75) is 45.4 Å². The molecule has 118 valence electrons. The summed E-state index contributed by atoms with van der Waals surface area (Å²) < 4.78 is 0. The molecule has 1 aromatic carbocycles. The van der Waals surface area contributed by atoms with Crippen LogP contribution < -0.4 is 10.3 Å². The Balaban J connectivity index is 1.62. The first-order chi connectivity index (χ1) is 10.7. The largest absolute Gasteiger partial charge is 0.372 e. The van der Waals surface area contributed by atoms with Crippen LogP contribution in [0.5, 0.6) is 0 Å². The second-order valence-electron chi connectivity index (χ2n) is 6.40. The molecule has 1 N–H and O–H groups in total. The van der Waals surface area contributed by atoms with Crippen molar-refractivity contribution in [1.82, 2.24) is 5.43 Å². The lowest BCUT2D eigenvalue weighted by molar-refractivity contribution is -0.122. The predicted molar refractivity (Wildman–Crippen MR) is 90.2 cm³/mol. The fraction of sp³-hybridized carbons (Fsp3) is 0.556. The van der Waals surface area contributed by atoms with Crippen LogP contribution in [0, 0.1) is 5.92 Å². The summed E-state index contributed by atoms with van der Waals surface area (Å²) in [6.45, 7) is 4.25. The number of carbonyl (C=O) groups is 1. The second kappa shape index (κ2) is 6.95. The summed E-state index contributed by atoms with van der Waals surface area (Å²) in [6, 6.07) is 8.54. The van der Waals surface area contributed by atoms with E-state index in [-0.39, 0.29) is 11.8 Å². The van der Waals surface area contributed by atoms with E-state index in [0.717, 1.165) is 37.2 Å². The highest BCUT2D eigenvalue weighted by Gasteiger charge is 2.29. The molecule has 1 saturated heterocycles. The van der Waals surface area contributed by atoms with Crippen molar-refractivity contribution < 1.29 is 4.79 Å². The molecule has 1 aliphatic heterocycles. The SMILES string of the molecule is C/C(=N/NC(=O)C1CC1)c1ccc(N2CCCCCC2)cc1. The monoisotopic (exact) mass is 299 g/mol. The van der Waals surface area contributed by atoms with Gasteiger partial charge in [0.2, 0.25) is 5.91 Å². The lowest BCUT2D eigenvalue weighted by Gasteiger charge is -2.22. The fourth-order valence-electron chi connectivity index (χ4n) is 2.88. The molecule has 3 rings (SSSR count). The Morgan fingerprint density at radius 1 is 1.09 bits per heavy atom. The van der Waals surface area contributed by atoms with Gasteiger partial charge in [-0.15, -0.1) is 0 Å². The van der Waals surface area contributed by atoms with Crippen LogP contribution in [0.4, 0.5) is 5.69 Å². The van der Waals surface area contributed by atoms with Crippen molar-refractivity contribution in [1.29, 1.82) is 0 Å². The van der Waals surface area contributed by atoms with Crippen LogP contribution >= 0.6 is 0 Å². The van der Waals surface area contributed by atoms with Gasteiger partial charge >= 0.3 is 0 Å². The summed E-state index contributed by atoms with van der Waals surface area (Å²) in [4.78, 5) is 14.1. The fourth-order valence-corrected chi connectivity index (χ4v) is 2.88. The van der Waals surface area contributed by atoms with Crippen LogP contribution in [0.25, 0.3) is 0 Å². The molecule has 1 saturated carbocycles. The number of amides is 1. The Morgan fingerprint density at radius 3 is 2.32 bits per heavy atom. The molecule has 0 atom stereocenters. The first kappa shape index (κ1) is 15.1.